The van der Waals surface area contributed by atoms with Gasteiger partial charge in [0.05, 0.1) is 6.20 Å². The number of piperidine rings is 1. The first-order valence-corrected chi connectivity index (χ1v) is 7.42. The highest BCUT2D eigenvalue weighted by molar-refractivity contribution is 5.92. The van der Waals surface area contributed by atoms with Gasteiger partial charge < -0.3 is 15.3 Å². The lowest BCUT2D eigenvalue weighted by molar-refractivity contribution is -0.121. The van der Waals surface area contributed by atoms with Crippen molar-refractivity contribution in [3.05, 3.63) is 35.0 Å². The van der Waals surface area contributed by atoms with Gasteiger partial charge in [-0.3, -0.25) is 14.6 Å². The third-order valence-electron chi connectivity index (χ3n) is 3.90. The lowest BCUT2D eigenvalue weighted by atomic mass is 9.96. The van der Waals surface area contributed by atoms with E-state index in [0.29, 0.717) is 25.9 Å². The van der Waals surface area contributed by atoms with Gasteiger partial charge in [0, 0.05) is 31.4 Å². The van der Waals surface area contributed by atoms with Crippen LogP contribution in [0.1, 0.15) is 12.8 Å². The molecule has 3 rings (SSSR count). The Morgan fingerprint density at radius 2 is 2.08 bits per heavy atom. The molecule has 126 valence electrons. The maximum Gasteiger partial charge on any atom is 0.407 e. The van der Waals surface area contributed by atoms with Crippen LogP contribution in [0.3, 0.4) is 0 Å². The third kappa shape index (κ3) is 3.26. The first-order chi connectivity index (χ1) is 11.5. The van der Waals surface area contributed by atoms with Crippen LogP contribution in [-0.4, -0.2) is 54.8 Å². The number of aromatic amines is 1. The minimum Gasteiger partial charge on any atom is -0.465 e. The summed E-state index contributed by atoms with van der Waals surface area (Å²) in [6, 6.07) is 1.69. The van der Waals surface area contributed by atoms with Crippen molar-refractivity contribution in [2.24, 2.45) is 5.92 Å². The molecule has 3 N–H and O–H groups in total. The standard InChI is InChI=1S/C14H16N6O4/c21-11(9-2-6-19(7-3-9)14(23)24)17-10-8-15-13(18-12(10)22)20-5-1-4-16-20/h1,4-5,8-9H,2-3,6-7H2,(H,17,21)(H,23,24)(H,15,18,22). The Kier molecular flexibility index (Phi) is 4.27. The van der Waals surface area contributed by atoms with Gasteiger partial charge in [-0.15, -0.1) is 0 Å². The maximum absolute atomic E-state index is 12.2. The largest absolute Gasteiger partial charge is 0.465 e. The number of amides is 2. The first-order valence-electron chi connectivity index (χ1n) is 7.42. The molecule has 1 saturated heterocycles. The highest BCUT2D eigenvalue weighted by Crippen LogP contribution is 2.18. The Bertz CT molecular complexity index is 792. The van der Waals surface area contributed by atoms with Crippen LogP contribution in [0.2, 0.25) is 0 Å². The van der Waals surface area contributed by atoms with E-state index in [2.05, 4.69) is 20.4 Å². The van der Waals surface area contributed by atoms with Gasteiger partial charge in [-0.25, -0.2) is 14.5 Å². The topological polar surface area (TPSA) is 133 Å². The summed E-state index contributed by atoms with van der Waals surface area (Å²) in [5, 5.41) is 15.4. The van der Waals surface area contributed by atoms with Crippen molar-refractivity contribution >= 4 is 17.7 Å². The molecule has 10 nitrogen and oxygen atoms in total. The second kappa shape index (κ2) is 6.52. The zero-order chi connectivity index (χ0) is 17.1. The zero-order valence-corrected chi connectivity index (χ0v) is 12.7. The molecule has 0 aromatic carbocycles. The SMILES string of the molecule is O=C(Nc1cnc(-n2cccn2)[nH]c1=O)C1CCN(C(=O)O)CC1. The van der Waals surface area contributed by atoms with E-state index in [9.17, 15) is 14.4 Å². The van der Waals surface area contributed by atoms with Gasteiger partial charge in [-0.1, -0.05) is 0 Å². The van der Waals surface area contributed by atoms with E-state index in [1.165, 1.54) is 15.8 Å². The fourth-order valence-electron chi connectivity index (χ4n) is 2.55. The Hall–Kier alpha value is -3.17. The molecule has 0 atom stereocenters. The van der Waals surface area contributed by atoms with Gasteiger partial charge in [-0.05, 0) is 18.9 Å². The maximum atomic E-state index is 12.2. The molecular formula is C14H16N6O4. The normalized spacial score (nSPS) is 15.2. The van der Waals surface area contributed by atoms with Crippen LogP contribution >= 0.6 is 0 Å². The number of hydrogen-bond donors (Lipinski definition) is 3. The van der Waals surface area contributed by atoms with Gasteiger partial charge in [0.1, 0.15) is 5.69 Å². The van der Waals surface area contributed by atoms with Gasteiger partial charge >= 0.3 is 6.09 Å². The van der Waals surface area contributed by atoms with E-state index < -0.39 is 11.7 Å². The minimum atomic E-state index is -0.983. The second-order valence-corrected chi connectivity index (χ2v) is 5.43. The number of nitrogens with one attached hydrogen (secondary N) is 2. The van der Waals surface area contributed by atoms with Crippen LogP contribution in [0.15, 0.2) is 29.5 Å². The van der Waals surface area contributed by atoms with Gasteiger partial charge in [0.15, 0.2) is 0 Å². The molecule has 1 aliphatic rings. The average molecular weight is 332 g/mol. The molecule has 1 fully saturated rings. The molecule has 24 heavy (non-hydrogen) atoms. The number of likely N-dealkylation sites (tertiary alicyclic amines) is 1. The zero-order valence-electron chi connectivity index (χ0n) is 12.7. The molecule has 2 aromatic rings. The number of rotatable bonds is 3. The van der Waals surface area contributed by atoms with Crippen LogP contribution in [0, 0.1) is 5.92 Å². The number of carbonyl (C=O) groups excluding carboxylic acids is 1. The lowest BCUT2D eigenvalue weighted by Crippen LogP contribution is -2.41. The molecule has 0 aliphatic carbocycles. The summed E-state index contributed by atoms with van der Waals surface area (Å²) in [5.41, 5.74) is -0.427. The van der Waals surface area contributed by atoms with Crippen molar-refractivity contribution in [1.82, 2.24) is 24.6 Å². The van der Waals surface area contributed by atoms with Crippen molar-refractivity contribution in [3.8, 4) is 5.95 Å². The fraction of sp³-hybridized carbons (Fsp3) is 0.357. The first kappa shape index (κ1) is 15.7. The molecule has 2 aromatic heterocycles. The third-order valence-corrected chi connectivity index (χ3v) is 3.90. The van der Waals surface area contributed by atoms with E-state index in [-0.39, 0.29) is 23.5 Å². The van der Waals surface area contributed by atoms with E-state index in [1.807, 2.05) is 0 Å². The Balaban J connectivity index is 1.65. The van der Waals surface area contributed by atoms with Crippen molar-refractivity contribution < 1.29 is 14.7 Å². The average Bonchev–Trinajstić information content (AvgIpc) is 3.11. The van der Waals surface area contributed by atoms with Crippen molar-refractivity contribution in [3.63, 3.8) is 0 Å². The summed E-state index contributed by atoms with van der Waals surface area (Å²) in [4.78, 5) is 43.0. The molecule has 2 amide bonds. The van der Waals surface area contributed by atoms with Crippen molar-refractivity contribution in [2.45, 2.75) is 12.8 Å². The summed E-state index contributed by atoms with van der Waals surface area (Å²) in [5.74, 6) is -0.386. The second-order valence-electron chi connectivity index (χ2n) is 5.43. The predicted octanol–water partition coefficient (Wildman–Crippen LogP) is 0.284. The quantitative estimate of drug-likeness (QED) is 0.739. The van der Waals surface area contributed by atoms with E-state index in [4.69, 9.17) is 5.11 Å². The number of H-pyrrole nitrogens is 1. The number of carbonyl (C=O) groups is 2. The Labute approximate surface area is 136 Å². The molecular weight excluding hydrogens is 316 g/mol. The number of aromatic nitrogens is 4. The molecule has 3 heterocycles. The number of carboxylic acid groups (broad SMARTS) is 1. The van der Waals surface area contributed by atoms with Gasteiger partial charge in [-0.2, -0.15) is 5.10 Å². The lowest BCUT2D eigenvalue weighted by Gasteiger charge is -2.29. The van der Waals surface area contributed by atoms with E-state index >= 15 is 0 Å². The molecule has 0 spiro atoms. The molecule has 10 heteroatoms. The van der Waals surface area contributed by atoms with Crippen LogP contribution in [0.4, 0.5) is 10.5 Å². The van der Waals surface area contributed by atoms with Gasteiger partial charge in [0.2, 0.25) is 11.9 Å². The van der Waals surface area contributed by atoms with E-state index in [0.717, 1.165) is 0 Å². The molecule has 0 radical (unpaired) electrons. The predicted molar refractivity (Wildman–Crippen MR) is 82.9 cm³/mol. The summed E-state index contributed by atoms with van der Waals surface area (Å²) in [7, 11) is 0. The Morgan fingerprint density at radius 1 is 1.33 bits per heavy atom. The van der Waals surface area contributed by atoms with E-state index in [1.54, 1.807) is 18.5 Å². The molecule has 1 aliphatic heterocycles. The Morgan fingerprint density at radius 3 is 2.67 bits per heavy atom. The summed E-state index contributed by atoms with van der Waals surface area (Å²) >= 11 is 0. The number of hydrogen-bond acceptors (Lipinski definition) is 5. The number of nitrogens with zero attached hydrogens (tertiary/aromatic N) is 4. The summed E-state index contributed by atoms with van der Waals surface area (Å²) in [6.07, 6.45) is 4.33. The summed E-state index contributed by atoms with van der Waals surface area (Å²) in [6.45, 7) is 0.612. The van der Waals surface area contributed by atoms with Crippen molar-refractivity contribution in [1.29, 1.82) is 0 Å². The number of anilines is 1. The van der Waals surface area contributed by atoms with Crippen LogP contribution in [0.5, 0.6) is 0 Å². The summed E-state index contributed by atoms with van der Waals surface area (Å²) < 4.78 is 1.40. The smallest absolute Gasteiger partial charge is 0.407 e. The molecule has 0 bridgehead atoms. The molecule has 0 saturated carbocycles. The van der Waals surface area contributed by atoms with Gasteiger partial charge in [0.25, 0.3) is 5.56 Å². The van der Waals surface area contributed by atoms with Crippen LogP contribution < -0.4 is 10.9 Å². The highest BCUT2D eigenvalue weighted by Gasteiger charge is 2.27. The highest BCUT2D eigenvalue weighted by atomic mass is 16.4. The van der Waals surface area contributed by atoms with Crippen LogP contribution in [0.25, 0.3) is 5.95 Å². The molecule has 0 unspecified atom stereocenters. The van der Waals surface area contributed by atoms with Crippen LogP contribution in [-0.2, 0) is 4.79 Å². The monoisotopic (exact) mass is 332 g/mol. The minimum absolute atomic E-state index is 0.0524. The van der Waals surface area contributed by atoms with Crippen molar-refractivity contribution in [2.75, 3.05) is 18.4 Å². The fourth-order valence-corrected chi connectivity index (χ4v) is 2.55.